The van der Waals surface area contributed by atoms with Crippen molar-refractivity contribution >= 4 is 18.1 Å². The molecule has 116 valence electrons. The lowest BCUT2D eigenvalue weighted by molar-refractivity contribution is 0.0947. The molecule has 0 aliphatic rings. The molecule has 0 atom stereocenters. The number of aromatic nitrogens is 1. The Balaban J connectivity index is 1.68. The topological polar surface area (TPSA) is 58.0 Å². The van der Waals surface area contributed by atoms with Gasteiger partial charge in [0.05, 0.1) is 12.1 Å². The Morgan fingerprint density at radius 3 is 2.70 bits per heavy atom. The SMILES string of the molecule is O=C(NCc1ccc(-c2ccc(F)cc2)o1)c1ccc[nH]c1=S. The summed E-state index contributed by atoms with van der Waals surface area (Å²) in [7, 11) is 0. The van der Waals surface area contributed by atoms with Crippen LogP contribution < -0.4 is 5.32 Å². The van der Waals surface area contributed by atoms with Gasteiger partial charge in [-0.1, -0.05) is 12.2 Å². The summed E-state index contributed by atoms with van der Waals surface area (Å²) in [5.41, 5.74) is 1.18. The third kappa shape index (κ3) is 3.54. The van der Waals surface area contributed by atoms with E-state index in [4.69, 9.17) is 16.6 Å². The van der Waals surface area contributed by atoms with Gasteiger partial charge in [-0.3, -0.25) is 4.79 Å². The molecule has 4 nitrogen and oxygen atoms in total. The lowest BCUT2D eigenvalue weighted by Gasteiger charge is -2.03. The quantitative estimate of drug-likeness (QED) is 0.710. The van der Waals surface area contributed by atoms with Crippen LogP contribution in [0.1, 0.15) is 16.1 Å². The molecule has 0 saturated carbocycles. The number of rotatable bonds is 4. The first-order valence-electron chi connectivity index (χ1n) is 6.94. The fraction of sp³-hybridized carbons (Fsp3) is 0.0588. The molecular formula is C17H13FN2O2S. The second-order valence-electron chi connectivity index (χ2n) is 4.87. The van der Waals surface area contributed by atoms with E-state index in [2.05, 4.69) is 10.3 Å². The van der Waals surface area contributed by atoms with Crippen LogP contribution in [0.4, 0.5) is 4.39 Å². The van der Waals surface area contributed by atoms with Crippen molar-refractivity contribution in [1.29, 1.82) is 0 Å². The summed E-state index contributed by atoms with van der Waals surface area (Å²) in [4.78, 5) is 14.9. The predicted octanol–water partition coefficient (Wildman–Crippen LogP) is 4.07. The van der Waals surface area contributed by atoms with Gasteiger partial charge < -0.3 is 14.7 Å². The molecule has 1 aromatic carbocycles. The molecule has 0 aliphatic heterocycles. The minimum atomic E-state index is -0.299. The van der Waals surface area contributed by atoms with Crippen LogP contribution in [0.5, 0.6) is 0 Å². The smallest absolute Gasteiger partial charge is 0.254 e. The highest BCUT2D eigenvalue weighted by Gasteiger charge is 2.09. The maximum atomic E-state index is 12.9. The fourth-order valence-electron chi connectivity index (χ4n) is 2.11. The van der Waals surface area contributed by atoms with E-state index < -0.39 is 0 Å². The maximum absolute atomic E-state index is 12.9. The van der Waals surface area contributed by atoms with Gasteiger partial charge in [0.2, 0.25) is 0 Å². The summed E-state index contributed by atoms with van der Waals surface area (Å²) in [6.45, 7) is 0.240. The molecular weight excluding hydrogens is 315 g/mol. The zero-order valence-corrected chi connectivity index (χ0v) is 12.8. The molecule has 1 amide bonds. The van der Waals surface area contributed by atoms with Crippen molar-refractivity contribution in [2.45, 2.75) is 6.54 Å². The monoisotopic (exact) mass is 328 g/mol. The Kier molecular flexibility index (Phi) is 4.34. The average molecular weight is 328 g/mol. The minimum absolute atomic E-state index is 0.240. The zero-order valence-electron chi connectivity index (χ0n) is 12.0. The van der Waals surface area contributed by atoms with Crippen LogP contribution >= 0.6 is 12.2 Å². The molecule has 2 heterocycles. The van der Waals surface area contributed by atoms with Crippen LogP contribution in [0.25, 0.3) is 11.3 Å². The highest BCUT2D eigenvalue weighted by Crippen LogP contribution is 2.22. The summed E-state index contributed by atoms with van der Waals surface area (Å²) in [6, 6.07) is 12.9. The van der Waals surface area contributed by atoms with Gasteiger partial charge in [-0.05, 0) is 48.5 Å². The maximum Gasteiger partial charge on any atom is 0.254 e. The van der Waals surface area contributed by atoms with Crippen LogP contribution in [0.15, 0.2) is 59.1 Å². The molecule has 3 aromatic rings. The molecule has 0 radical (unpaired) electrons. The first kappa shape index (κ1) is 15.2. The van der Waals surface area contributed by atoms with Crippen LogP contribution in [-0.2, 0) is 6.54 Å². The van der Waals surface area contributed by atoms with E-state index in [0.29, 0.717) is 21.7 Å². The Morgan fingerprint density at radius 2 is 1.96 bits per heavy atom. The van der Waals surface area contributed by atoms with Gasteiger partial charge >= 0.3 is 0 Å². The van der Waals surface area contributed by atoms with E-state index >= 15 is 0 Å². The molecule has 0 unspecified atom stereocenters. The Morgan fingerprint density at radius 1 is 1.17 bits per heavy atom. The van der Waals surface area contributed by atoms with Gasteiger partial charge in [0.25, 0.3) is 5.91 Å². The first-order chi connectivity index (χ1) is 11.1. The second-order valence-corrected chi connectivity index (χ2v) is 5.28. The third-order valence-corrected chi connectivity index (χ3v) is 3.61. The molecule has 2 N–H and O–H groups in total. The number of benzene rings is 1. The molecule has 0 bridgehead atoms. The number of aromatic amines is 1. The lowest BCUT2D eigenvalue weighted by Crippen LogP contribution is -2.23. The normalized spacial score (nSPS) is 10.5. The van der Waals surface area contributed by atoms with Crippen LogP contribution in [-0.4, -0.2) is 10.9 Å². The van der Waals surface area contributed by atoms with Crippen molar-refractivity contribution in [3.05, 3.63) is 76.5 Å². The average Bonchev–Trinajstić information content (AvgIpc) is 3.03. The highest BCUT2D eigenvalue weighted by atomic mass is 32.1. The summed E-state index contributed by atoms with van der Waals surface area (Å²) < 4.78 is 19.0. The van der Waals surface area contributed by atoms with Gasteiger partial charge in [-0.2, -0.15) is 0 Å². The van der Waals surface area contributed by atoms with Crippen LogP contribution in [0.2, 0.25) is 0 Å². The zero-order chi connectivity index (χ0) is 16.2. The largest absolute Gasteiger partial charge is 0.459 e. The van der Waals surface area contributed by atoms with E-state index in [9.17, 15) is 9.18 Å². The van der Waals surface area contributed by atoms with E-state index in [1.165, 1.54) is 12.1 Å². The van der Waals surface area contributed by atoms with Gasteiger partial charge in [-0.25, -0.2) is 4.39 Å². The number of H-pyrrole nitrogens is 1. The van der Waals surface area contributed by atoms with Crippen molar-refractivity contribution in [2.24, 2.45) is 0 Å². The summed E-state index contributed by atoms with van der Waals surface area (Å²) in [5, 5.41) is 2.75. The minimum Gasteiger partial charge on any atom is -0.459 e. The van der Waals surface area contributed by atoms with Crippen molar-refractivity contribution in [3.8, 4) is 11.3 Å². The third-order valence-electron chi connectivity index (χ3n) is 3.28. The van der Waals surface area contributed by atoms with Gasteiger partial charge in [0.15, 0.2) is 0 Å². The second kappa shape index (κ2) is 6.58. The number of hydrogen-bond donors (Lipinski definition) is 2. The Bertz CT molecular complexity index is 884. The molecule has 6 heteroatoms. The highest BCUT2D eigenvalue weighted by molar-refractivity contribution is 7.71. The van der Waals surface area contributed by atoms with E-state index in [1.54, 1.807) is 42.6 Å². The predicted molar refractivity (Wildman–Crippen MR) is 86.9 cm³/mol. The summed E-state index contributed by atoms with van der Waals surface area (Å²) >= 11 is 5.07. The van der Waals surface area contributed by atoms with Crippen molar-refractivity contribution < 1.29 is 13.6 Å². The van der Waals surface area contributed by atoms with E-state index in [0.717, 1.165) is 5.56 Å². The van der Waals surface area contributed by atoms with Gasteiger partial charge in [-0.15, -0.1) is 0 Å². The number of carbonyl (C=O) groups excluding carboxylic acids is 1. The summed E-state index contributed by atoms with van der Waals surface area (Å²) in [5.74, 6) is 0.647. The molecule has 0 spiro atoms. The number of furan rings is 1. The number of nitrogens with one attached hydrogen (secondary N) is 2. The number of carbonyl (C=O) groups is 1. The molecule has 23 heavy (non-hydrogen) atoms. The van der Waals surface area contributed by atoms with Crippen molar-refractivity contribution in [1.82, 2.24) is 10.3 Å². The molecule has 3 rings (SSSR count). The van der Waals surface area contributed by atoms with Crippen molar-refractivity contribution in [3.63, 3.8) is 0 Å². The standard InChI is InChI=1S/C17H13FN2O2S/c18-12-5-3-11(4-6-12)15-8-7-13(22-15)10-20-16(21)14-2-1-9-19-17(14)23/h1-9H,10H2,(H,19,23)(H,20,21). The number of hydrogen-bond acceptors (Lipinski definition) is 3. The fourth-order valence-corrected chi connectivity index (χ4v) is 2.33. The molecule has 0 aliphatic carbocycles. The number of halogens is 1. The molecule has 0 saturated heterocycles. The van der Waals surface area contributed by atoms with Crippen LogP contribution in [0, 0.1) is 10.5 Å². The van der Waals surface area contributed by atoms with Gasteiger partial charge in [0, 0.05) is 11.8 Å². The number of pyridine rings is 1. The van der Waals surface area contributed by atoms with E-state index in [1.807, 2.05) is 0 Å². The van der Waals surface area contributed by atoms with Crippen LogP contribution in [0.3, 0.4) is 0 Å². The Hall–Kier alpha value is -2.73. The van der Waals surface area contributed by atoms with Crippen molar-refractivity contribution in [2.75, 3.05) is 0 Å². The number of amides is 1. The molecule has 2 aromatic heterocycles. The summed E-state index contributed by atoms with van der Waals surface area (Å²) in [6.07, 6.45) is 1.67. The lowest BCUT2D eigenvalue weighted by atomic mass is 10.2. The van der Waals surface area contributed by atoms with Gasteiger partial charge in [0.1, 0.15) is 22.0 Å². The molecule has 0 fully saturated rings. The van der Waals surface area contributed by atoms with E-state index in [-0.39, 0.29) is 18.3 Å². The Labute approximate surface area is 137 Å². The first-order valence-corrected chi connectivity index (χ1v) is 7.35.